The van der Waals surface area contributed by atoms with Crippen LogP contribution in [-0.2, 0) is 12.0 Å². The highest BCUT2D eigenvalue weighted by Gasteiger charge is 2.37. The predicted octanol–water partition coefficient (Wildman–Crippen LogP) is 2.79. The second-order valence-corrected chi connectivity index (χ2v) is 4.75. The first kappa shape index (κ1) is 15.3. The summed E-state index contributed by atoms with van der Waals surface area (Å²) in [5.74, 6) is 0. The van der Waals surface area contributed by atoms with Crippen molar-refractivity contribution in [1.29, 1.82) is 0 Å². The van der Waals surface area contributed by atoms with Gasteiger partial charge in [0.2, 0.25) is 0 Å². The summed E-state index contributed by atoms with van der Waals surface area (Å²) in [6, 6.07) is 5.40. The van der Waals surface area contributed by atoms with Gasteiger partial charge < -0.3 is 10.4 Å². The summed E-state index contributed by atoms with van der Waals surface area (Å²) in [5, 5.41) is 13.2. The second kappa shape index (κ2) is 5.51. The highest BCUT2D eigenvalue weighted by atomic mass is 35.5. The Labute approximate surface area is 112 Å². The summed E-state index contributed by atoms with van der Waals surface area (Å²) in [5.41, 5.74) is 0.166. The summed E-state index contributed by atoms with van der Waals surface area (Å²) in [4.78, 5) is 0. The molecule has 0 aromatic heterocycles. The van der Waals surface area contributed by atoms with Gasteiger partial charge in [-0.2, -0.15) is 0 Å². The van der Waals surface area contributed by atoms with Crippen LogP contribution in [0.3, 0.4) is 0 Å². The molecular formula is C13H18ClF2NO. The molecule has 0 saturated carbocycles. The average molecular weight is 278 g/mol. The van der Waals surface area contributed by atoms with E-state index in [1.54, 1.807) is 12.1 Å². The molecule has 2 N–H and O–H groups in total. The molecule has 5 heteroatoms. The number of benzene rings is 1. The van der Waals surface area contributed by atoms with Crippen LogP contribution in [-0.4, -0.2) is 18.1 Å². The molecule has 1 aliphatic heterocycles. The molecule has 0 radical (unpaired) electrons. The predicted molar refractivity (Wildman–Crippen MR) is 69.4 cm³/mol. The maximum absolute atomic E-state index is 12.9. The van der Waals surface area contributed by atoms with Gasteiger partial charge in [0.1, 0.15) is 5.60 Å². The molecule has 1 aromatic rings. The van der Waals surface area contributed by atoms with E-state index in [4.69, 9.17) is 0 Å². The normalized spacial score (nSPS) is 22.0. The lowest BCUT2D eigenvalue weighted by Gasteiger charge is -2.31. The molecule has 2 atom stereocenters. The fourth-order valence-corrected chi connectivity index (χ4v) is 2.40. The third-order valence-corrected chi connectivity index (χ3v) is 3.47. The van der Waals surface area contributed by atoms with Gasteiger partial charge in [0.05, 0.1) is 0 Å². The third kappa shape index (κ3) is 2.51. The summed E-state index contributed by atoms with van der Waals surface area (Å²) < 4.78 is 25.8. The van der Waals surface area contributed by atoms with Crippen molar-refractivity contribution < 1.29 is 13.9 Å². The van der Waals surface area contributed by atoms with E-state index in [2.05, 4.69) is 5.32 Å². The molecule has 18 heavy (non-hydrogen) atoms. The van der Waals surface area contributed by atoms with Gasteiger partial charge in [0.15, 0.2) is 0 Å². The van der Waals surface area contributed by atoms with E-state index < -0.39 is 12.0 Å². The van der Waals surface area contributed by atoms with Crippen LogP contribution in [0.25, 0.3) is 0 Å². The fourth-order valence-electron chi connectivity index (χ4n) is 2.40. The fraction of sp³-hybridized carbons (Fsp3) is 0.538. The molecule has 1 aliphatic rings. The summed E-state index contributed by atoms with van der Waals surface area (Å²) in [6.45, 7) is 3.93. The van der Waals surface area contributed by atoms with Crippen LogP contribution in [0, 0.1) is 0 Å². The minimum atomic E-state index is -2.78. The molecule has 0 aliphatic carbocycles. The zero-order chi connectivity index (χ0) is 12.6. The number of aliphatic hydroxyl groups is 1. The van der Waals surface area contributed by atoms with Crippen molar-refractivity contribution in [2.75, 3.05) is 6.54 Å². The largest absolute Gasteiger partial charge is 0.379 e. The van der Waals surface area contributed by atoms with E-state index in [0.717, 1.165) is 17.7 Å². The Morgan fingerprint density at radius 3 is 2.72 bits per heavy atom. The van der Waals surface area contributed by atoms with Crippen LogP contribution in [0.15, 0.2) is 18.2 Å². The van der Waals surface area contributed by atoms with Crippen LogP contribution in [0.2, 0.25) is 0 Å². The molecule has 1 heterocycles. The number of alkyl halides is 2. The molecule has 1 unspecified atom stereocenters. The van der Waals surface area contributed by atoms with E-state index in [1.807, 2.05) is 13.0 Å². The van der Waals surface area contributed by atoms with Crippen molar-refractivity contribution in [2.24, 2.45) is 0 Å². The summed E-state index contributed by atoms with van der Waals surface area (Å²) in [7, 11) is 0. The van der Waals surface area contributed by atoms with E-state index >= 15 is 0 Å². The zero-order valence-corrected chi connectivity index (χ0v) is 11.2. The second-order valence-electron chi connectivity index (χ2n) is 4.75. The summed E-state index contributed by atoms with van der Waals surface area (Å²) in [6.07, 6.45) is -2.10. The van der Waals surface area contributed by atoms with E-state index in [9.17, 15) is 13.9 Å². The minimum Gasteiger partial charge on any atom is -0.379 e. The number of hydrogen-bond acceptors (Lipinski definition) is 2. The summed E-state index contributed by atoms with van der Waals surface area (Å²) >= 11 is 0. The highest BCUT2D eigenvalue weighted by Crippen LogP contribution is 2.35. The lowest BCUT2D eigenvalue weighted by molar-refractivity contribution is -0.0889. The van der Waals surface area contributed by atoms with Gasteiger partial charge in [-0.1, -0.05) is 18.2 Å². The topological polar surface area (TPSA) is 32.3 Å². The van der Waals surface area contributed by atoms with Crippen LogP contribution in [0.4, 0.5) is 8.78 Å². The molecule has 0 amide bonds. The van der Waals surface area contributed by atoms with Crippen molar-refractivity contribution in [3.63, 3.8) is 0 Å². The van der Waals surface area contributed by atoms with Gasteiger partial charge in [-0.05, 0) is 43.5 Å². The van der Waals surface area contributed by atoms with Gasteiger partial charge in [0.25, 0.3) is 6.43 Å². The number of nitrogens with one attached hydrogen (secondary N) is 1. The first-order valence-corrected chi connectivity index (χ1v) is 5.80. The first-order chi connectivity index (χ1) is 7.94. The van der Waals surface area contributed by atoms with Gasteiger partial charge in [-0.3, -0.25) is 0 Å². The number of hydrogen-bond donors (Lipinski definition) is 2. The van der Waals surface area contributed by atoms with E-state index in [0.29, 0.717) is 12.0 Å². The average Bonchev–Trinajstić information content (AvgIpc) is 2.28. The first-order valence-electron chi connectivity index (χ1n) is 5.80. The van der Waals surface area contributed by atoms with Crippen LogP contribution in [0.5, 0.6) is 0 Å². The quantitative estimate of drug-likeness (QED) is 0.871. The molecule has 2 rings (SSSR count). The standard InChI is InChI=1S/C13H17F2NO.ClH/c1-8-9-4-3-5-11(10(9)6-7-16-8)13(2,17)12(14)15;/h3-5,8,12,16-17H,6-7H2,1-2H3;1H/t8-,13?;/m0./s1. The van der Waals surface area contributed by atoms with E-state index in [1.165, 1.54) is 6.92 Å². The maximum atomic E-state index is 12.9. The molecule has 102 valence electrons. The van der Waals surface area contributed by atoms with Gasteiger partial charge >= 0.3 is 0 Å². The Morgan fingerprint density at radius 2 is 2.11 bits per heavy atom. The lowest BCUT2D eigenvalue weighted by atomic mass is 9.84. The zero-order valence-electron chi connectivity index (χ0n) is 10.4. The molecule has 0 bridgehead atoms. The molecule has 0 fully saturated rings. The Morgan fingerprint density at radius 1 is 1.44 bits per heavy atom. The smallest absolute Gasteiger partial charge is 0.270 e. The molecule has 0 spiro atoms. The van der Waals surface area contributed by atoms with Crippen LogP contribution >= 0.6 is 12.4 Å². The Hall–Kier alpha value is -0.710. The molecular weight excluding hydrogens is 260 g/mol. The third-order valence-electron chi connectivity index (χ3n) is 3.47. The van der Waals surface area contributed by atoms with Crippen LogP contribution < -0.4 is 5.32 Å². The Balaban J connectivity index is 0.00000162. The van der Waals surface area contributed by atoms with Crippen molar-refractivity contribution in [3.05, 3.63) is 34.9 Å². The van der Waals surface area contributed by atoms with E-state index in [-0.39, 0.29) is 18.4 Å². The SMILES string of the molecule is C[C@@H]1NCCc2c1cccc2C(C)(O)C(F)F.Cl. The van der Waals surface area contributed by atoms with Crippen molar-refractivity contribution in [1.82, 2.24) is 5.32 Å². The molecule has 0 saturated heterocycles. The Kier molecular flexibility index (Phi) is 4.70. The number of rotatable bonds is 2. The van der Waals surface area contributed by atoms with Gasteiger partial charge in [-0.15, -0.1) is 12.4 Å². The lowest BCUT2D eigenvalue weighted by Crippen LogP contribution is -2.35. The molecule has 2 nitrogen and oxygen atoms in total. The monoisotopic (exact) mass is 277 g/mol. The number of halogens is 3. The van der Waals surface area contributed by atoms with Crippen LogP contribution in [0.1, 0.15) is 36.6 Å². The Bertz CT molecular complexity index is 423. The van der Waals surface area contributed by atoms with Crippen molar-refractivity contribution >= 4 is 12.4 Å². The highest BCUT2D eigenvalue weighted by molar-refractivity contribution is 5.85. The van der Waals surface area contributed by atoms with Crippen molar-refractivity contribution in [3.8, 4) is 0 Å². The number of fused-ring (bicyclic) bond motifs is 1. The van der Waals surface area contributed by atoms with Gasteiger partial charge in [-0.25, -0.2) is 8.78 Å². The minimum absolute atomic E-state index is 0. The molecule has 1 aromatic carbocycles. The van der Waals surface area contributed by atoms with Crippen molar-refractivity contribution in [2.45, 2.75) is 38.3 Å². The van der Waals surface area contributed by atoms with Gasteiger partial charge in [0, 0.05) is 6.04 Å². The maximum Gasteiger partial charge on any atom is 0.270 e.